The Morgan fingerprint density at radius 2 is 2.20 bits per heavy atom. The molecule has 2 atom stereocenters. The van der Waals surface area contributed by atoms with Crippen LogP contribution in [0.2, 0.25) is 0 Å². The van der Waals surface area contributed by atoms with Crippen LogP contribution < -0.4 is 0 Å². The molecule has 2 rings (SSSR count). The van der Waals surface area contributed by atoms with E-state index in [1.54, 1.807) is 0 Å². The monoisotopic (exact) mass is 205 g/mol. The maximum absolute atomic E-state index is 11.6. The van der Waals surface area contributed by atoms with Gasteiger partial charge in [-0.25, -0.2) is 4.79 Å². The lowest BCUT2D eigenvalue weighted by atomic mass is 9.75. The highest BCUT2D eigenvalue weighted by Crippen LogP contribution is 2.57. The van der Waals surface area contributed by atoms with Gasteiger partial charge in [0.15, 0.2) is 0 Å². The van der Waals surface area contributed by atoms with Gasteiger partial charge in [0.1, 0.15) is 5.60 Å². The number of fused-ring (bicyclic) bond motifs is 1. The Morgan fingerprint density at radius 1 is 1.53 bits per heavy atom. The van der Waals surface area contributed by atoms with E-state index in [1.807, 2.05) is 13.0 Å². The minimum atomic E-state index is -0.424. The Hall–Kier alpha value is -1.30. The summed E-state index contributed by atoms with van der Waals surface area (Å²) in [4.78, 5) is 11.6. The molecule has 2 fully saturated rings. The van der Waals surface area contributed by atoms with Gasteiger partial charge in [-0.05, 0) is 19.8 Å². The number of nitriles is 1. The number of rotatable bonds is 0. The minimum Gasteiger partial charge on any atom is -0.455 e. The average molecular weight is 205 g/mol. The second-order valence-corrected chi connectivity index (χ2v) is 5.20. The summed E-state index contributed by atoms with van der Waals surface area (Å²) < 4.78 is 5.49. The normalized spacial score (nSPS) is 40.0. The first-order valence-electron chi connectivity index (χ1n) is 5.25. The van der Waals surface area contributed by atoms with Crippen molar-refractivity contribution in [1.29, 1.82) is 5.26 Å². The van der Waals surface area contributed by atoms with Gasteiger partial charge in [-0.2, -0.15) is 5.26 Å². The van der Waals surface area contributed by atoms with Crippen LogP contribution in [-0.2, 0) is 9.53 Å². The van der Waals surface area contributed by atoms with Crippen molar-refractivity contribution in [2.24, 2.45) is 11.3 Å². The summed E-state index contributed by atoms with van der Waals surface area (Å²) in [5.74, 6) is -0.212. The topological polar surface area (TPSA) is 50.1 Å². The molecule has 1 aliphatic carbocycles. The van der Waals surface area contributed by atoms with Gasteiger partial charge in [0.2, 0.25) is 0 Å². The third kappa shape index (κ3) is 1.14. The molecule has 0 aromatic heterocycles. The molecule has 80 valence electrons. The zero-order chi connectivity index (χ0) is 11.3. The zero-order valence-corrected chi connectivity index (χ0v) is 9.33. The second-order valence-electron chi connectivity index (χ2n) is 5.20. The lowest BCUT2D eigenvalue weighted by molar-refractivity contribution is -0.154. The summed E-state index contributed by atoms with van der Waals surface area (Å²) in [6, 6.07) is 1.93. The predicted octanol–water partition coefficient (Wildman–Crippen LogP) is 2.19. The van der Waals surface area contributed by atoms with Gasteiger partial charge in [0.25, 0.3) is 0 Å². The number of carbonyl (C=O) groups is 1. The molecule has 0 N–H and O–H groups in total. The van der Waals surface area contributed by atoms with E-state index in [4.69, 9.17) is 10.00 Å². The minimum absolute atomic E-state index is 0.00161. The van der Waals surface area contributed by atoms with Crippen LogP contribution in [0.4, 0.5) is 0 Å². The van der Waals surface area contributed by atoms with Crippen LogP contribution >= 0.6 is 0 Å². The fourth-order valence-corrected chi connectivity index (χ4v) is 2.78. The van der Waals surface area contributed by atoms with E-state index in [-0.39, 0.29) is 17.3 Å². The zero-order valence-electron chi connectivity index (χ0n) is 9.33. The molecule has 0 amide bonds. The molecule has 15 heavy (non-hydrogen) atoms. The lowest BCUT2D eigenvalue weighted by Gasteiger charge is -2.36. The Bertz CT molecular complexity index is 389. The summed E-state index contributed by atoms with van der Waals surface area (Å²) in [6.07, 6.45) is 3.31. The maximum Gasteiger partial charge on any atom is 0.335 e. The molecule has 0 spiro atoms. The number of hydrogen-bond acceptors (Lipinski definition) is 3. The molecule has 0 aromatic rings. The Kier molecular flexibility index (Phi) is 1.94. The Balaban J connectivity index is 2.46. The van der Waals surface area contributed by atoms with E-state index in [0.717, 1.165) is 12.8 Å². The summed E-state index contributed by atoms with van der Waals surface area (Å²) in [7, 11) is 0. The number of nitrogens with zero attached hydrogens (tertiary/aromatic N) is 1. The van der Waals surface area contributed by atoms with Crippen molar-refractivity contribution in [2.75, 3.05) is 0 Å². The summed E-state index contributed by atoms with van der Waals surface area (Å²) in [5, 5.41) is 8.64. The lowest BCUT2D eigenvalue weighted by Crippen LogP contribution is -2.40. The molecule has 0 radical (unpaired) electrons. The molecule has 1 heterocycles. The van der Waals surface area contributed by atoms with Crippen LogP contribution in [0.15, 0.2) is 11.6 Å². The fourth-order valence-electron chi connectivity index (χ4n) is 2.78. The fraction of sp³-hybridized carbons (Fsp3) is 0.667. The highest BCUT2D eigenvalue weighted by Gasteiger charge is 2.61. The van der Waals surface area contributed by atoms with Crippen molar-refractivity contribution in [3.63, 3.8) is 0 Å². The van der Waals surface area contributed by atoms with E-state index in [0.29, 0.717) is 5.57 Å². The molecular weight excluding hydrogens is 190 g/mol. The van der Waals surface area contributed by atoms with Gasteiger partial charge < -0.3 is 4.74 Å². The molecule has 0 unspecified atom stereocenters. The summed E-state index contributed by atoms with van der Waals surface area (Å²) in [6.45, 7) is 6.23. The van der Waals surface area contributed by atoms with Crippen molar-refractivity contribution in [3.05, 3.63) is 11.6 Å². The van der Waals surface area contributed by atoms with Crippen LogP contribution in [0.25, 0.3) is 0 Å². The highest BCUT2D eigenvalue weighted by atomic mass is 16.6. The van der Waals surface area contributed by atoms with E-state index in [2.05, 4.69) is 13.8 Å². The maximum atomic E-state index is 11.6. The van der Waals surface area contributed by atoms with Crippen molar-refractivity contribution >= 4 is 5.97 Å². The molecule has 3 nitrogen and oxygen atoms in total. The second kappa shape index (κ2) is 2.85. The molecule has 0 bridgehead atoms. The van der Waals surface area contributed by atoms with Crippen molar-refractivity contribution in [1.82, 2.24) is 0 Å². The van der Waals surface area contributed by atoms with Gasteiger partial charge in [-0.15, -0.1) is 0 Å². The van der Waals surface area contributed by atoms with Gasteiger partial charge in [-0.3, -0.25) is 0 Å². The number of esters is 1. The first-order chi connectivity index (χ1) is 6.92. The highest BCUT2D eigenvalue weighted by molar-refractivity contribution is 5.93. The van der Waals surface area contributed by atoms with Crippen molar-refractivity contribution in [2.45, 2.75) is 39.2 Å². The van der Waals surface area contributed by atoms with Gasteiger partial charge in [0, 0.05) is 17.4 Å². The molecule has 1 aliphatic heterocycles. The van der Waals surface area contributed by atoms with Gasteiger partial charge >= 0.3 is 5.97 Å². The standard InChI is InChI=1S/C12H15NO2/c1-11(2)6-4-9-8(5-7-13)10(14)15-12(9,11)3/h5,9H,4,6H2,1-3H3/b8-5+/t9-,12+/m0/s1. The third-order valence-electron chi connectivity index (χ3n) is 4.20. The van der Waals surface area contributed by atoms with E-state index < -0.39 is 5.60 Å². The first-order valence-corrected chi connectivity index (χ1v) is 5.25. The van der Waals surface area contributed by atoms with Crippen LogP contribution in [0.3, 0.4) is 0 Å². The number of hydrogen-bond donors (Lipinski definition) is 0. The molecule has 0 aromatic carbocycles. The number of carbonyl (C=O) groups excluding carboxylic acids is 1. The van der Waals surface area contributed by atoms with Crippen LogP contribution in [0.1, 0.15) is 33.6 Å². The smallest absolute Gasteiger partial charge is 0.335 e. The predicted molar refractivity (Wildman–Crippen MR) is 54.7 cm³/mol. The third-order valence-corrected chi connectivity index (χ3v) is 4.20. The van der Waals surface area contributed by atoms with E-state index in [9.17, 15) is 4.79 Å². The van der Waals surface area contributed by atoms with E-state index in [1.165, 1.54) is 6.08 Å². The first kappa shape index (κ1) is 10.2. The van der Waals surface area contributed by atoms with Crippen LogP contribution in [0, 0.1) is 22.7 Å². The van der Waals surface area contributed by atoms with Crippen molar-refractivity contribution < 1.29 is 9.53 Å². The van der Waals surface area contributed by atoms with E-state index >= 15 is 0 Å². The van der Waals surface area contributed by atoms with Crippen molar-refractivity contribution in [3.8, 4) is 6.07 Å². The summed E-state index contributed by atoms with van der Waals surface area (Å²) in [5.41, 5.74) is 0.135. The molecule has 2 aliphatic rings. The molecular formula is C12H15NO2. The Labute approximate surface area is 89.7 Å². The van der Waals surface area contributed by atoms with Crippen LogP contribution in [0.5, 0.6) is 0 Å². The molecule has 1 saturated heterocycles. The largest absolute Gasteiger partial charge is 0.455 e. The number of ether oxygens (including phenoxy) is 1. The van der Waals surface area contributed by atoms with Crippen LogP contribution in [-0.4, -0.2) is 11.6 Å². The van der Waals surface area contributed by atoms with Gasteiger partial charge in [-0.1, -0.05) is 13.8 Å². The quantitative estimate of drug-likeness (QED) is 0.346. The Morgan fingerprint density at radius 3 is 2.80 bits per heavy atom. The summed E-state index contributed by atoms with van der Waals surface area (Å²) >= 11 is 0. The SMILES string of the molecule is CC1(C)CC[C@H]2/C(=C\C#N)C(=O)O[C@]21C. The number of allylic oxidation sites excluding steroid dienone is 1. The average Bonchev–Trinajstić information content (AvgIpc) is 2.49. The van der Waals surface area contributed by atoms with Gasteiger partial charge in [0.05, 0.1) is 11.6 Å². The molecule has 3 heteroatoms. The molecule has 1 saturated carbocycles.